The summed E-state index contributed by atoms with van der Waals surface area (Å²) in [7, 11) is 0. The van der Waals surface area contributed by atoms with Crippen molar-refractivity contribution in [1.29, 1.82) is 0 Å². The Morgan fingerprint density at radius 1 is 0.839 bits per heavy atom. The Bertz CT molecular complexity index is 929. The van der Waals surface area contributed by atoms with Crippen molar-refractivity contribution in [2.24, 2.45) is 10.9 Å². The largest absolute Gasteiger partial charge is 0.356 e. The number of nitrogens with zero attached hydrogens (tertiary/aromatic N) is 1. The van der Waals surface area contributed by atoms with Crippen molar-refractivity contribution in [3.05, 3.63) is 71.8 Å². The van der Waals surface area contributed by atoms with Crippen LogP contribution in [0.1, 0.15) is 35.2 Å². The van der Waals surface area contributed by atoms with E-state index in [-0.39, 0.29) is 36.7 Å². The van der Waals surface area contributed by atoms with Gasteiger partial charge in [-0.2, -0.15) is 5.10 Å². The molecule has 2 aromatic rings. The van der Waals surface area contributed by atoms with E-state index in [1.54, 1.807) is 35.8 Å². The van der Waals surface area contributed by atoms with E-state index in [0.29, 0.717) is 18.5 Å². The number of hydrazine groups is 1. The summed E-state index contributed by atoms with van der Waals surface area (Å²) >= 11 is 0. The molecule has 0 radical (unpaired) electrons. The molecule has 162 valence electrons. The van der Waals surface area contributed by atoms with Crippen LogP contribution in [0, 0.1) is 0 Å². The van der Waals surface area contributed by atoms with Crippen LogP contribution < -0.4 is 22.0 Å². The summed E-state index contributed by atoms with van der Waals surface area (Å²) in [6.07, 6.45) is 0.811. The number of amides is 3. The number of ketones is 1. The Kier molecular flexibility index (Phi) is 9.57. The van der Waals surface area contributed by atoms with E-state index in [1.165, 1.54) is 0 Å². The van der Waals surface area contributed by atoms with Crippen LogP contribution in [-0.2, 0) is 20.8 Å². The number of nitrogens with one attached hydrogen (secondary N) is 3. The molecule has 3 amide bonds. The first kappa shape index (κ1) is 23.4. The maximum absolute atomic E-state index is 12.5. The van der Waals surface area contributed by atoms with Gasteiger partial charge in [-0.1, -0.05) is 60.7 Å². The fraction of sp³-hybridized carbons (Fsp3) is 0.227. The van der Waals surface area contributed by atoms with E-state index >= 15 is 0 Å². The van der Waals surface area contributed by atoms with Gasteiger partial charge in [-0.05, 0) is 18.4 Å². The fourth-order valence-corrected chi connectivity index (χ4v) is 2.68. The van der Waals surface area contributed by atoms with Crippen LogP contribution in [0.25, 0.3) is 0 Å². The molecule has 0 aliphatic carbocycles. The molecule has 0 spiro atoms. The number of benzene rings is 2. The molecular formula is C22H25N5O4. The van der Waals surface area contributed by atoms with E-state index in [1.807, 2.05) is 30.3 Å². The maximum Gasteiger partial charge on any atom is 0.330 e. The summed E-state index contributed by atoms with van der Waals surface area (Å²) < 4.78 is 0. The van der Waals surface area contributed by atoms with Gasteiger partial charge in [-0.15, -0.1) is 0 Å². The molecule has 0 aliphatic rings. The molecule has 9 nitrogen and oxygen atoms in total. The third kappa shape index (κ3) is 8.58. The number of hydrogen-bond donors (Lipinski definition) is 4. The van der Waals surface area contributed by atoms with E-state index in [0.717, 1.165) is 5.56 Å². The molecule has 0 saturated heterocycles. The van der Waals surface area contributed by atoms with Gasteiger partial charge in [0.25, 0.3) is 0 Å². The first-order chi connectivity index (χ1) is 15.0. The van der Waals surface area contributed by atoms with E-state index in [4.69, 9.17) is 5.84 Å². The third-order valence-electron chi connectivity index (χ3n) is 4.33. The highest BCUT2D eigenvalue weighted by Crippen LogP contribution is 2.07. The molecule has 31 heavy (non-hydrogen) atoms. The number of rotatable bonds is 10. The number of hydrazone groups is 1. The first-order valence-corrected chi connectivity index (χ1v) is 9.75. The van der Waals surface area contributed by atoms with Gasteiger partial charge in [0, 0.05) is 24.2 Å². The molecule has 0 aliphatic heterocycles. The van der Waals surface area contributed by atoms with Crippen LogP contribution in [0.4, 0.5) is 0 Å². The van der Waals surface area contributed by atoms with Crippen molar-refractivity contribution >= 4 is 29.2 Å². The average molecular weight is 423 g/mol. The third-order valence-corrected chi connectivity index (χ3v) is 4.33. The zero-order valence-electron chi connectivity index (χ0n) is 17.0. The SMILES string of the molecule is NNC(=O)C(=O)N/N=C(/CCC(=O)NCCc1ccccc1)CC(=O)c1ccccc1. The Balaban J connectivity index is 1.92. The van der Waals surface area contributed by atoms with Crippen LogP contribution in [0.3, 0.4) is 0 Å². The quantitative estimate of drug-likeness (QED) is 0.112. The second-order valence-electron chi connectivity index (χ2n) is 6.64. The molecule has 0 saturated carbocycles. The van der Waals surface area contributed by atoms with Crippen LogP contribution in [0.15, 0.2) is 65.8 Å². The van der Waals surface area contributed by atoms with E-state index in [2.05, 4.69) is 15.8 Å². The van der Waals surface area contributed by atoms with Crippen LogP contribution >= 0.6 is 0 Å². The topological polar surface area (TPSA) is 143 Å². The van der Waals surface area contributed by atoms with Gasteiger partial charge in [-0.25, -0.2) is 11.3 Å². The van der Waals surface area contributed by atoms with Gasteiger partial charge < -0.3 is 5.32 Å². The van der Waals surface area contributed by atoms with Crippen molar-refractivity contribution in [2.75, 3.05) is 6.54 Å². The highest BCUT2D eigenvalue weighted by molar-refractivity contribution is 6.34. The van der Waals surface area contributed by atoms with Crippen molar-refractivity contribution < 1.29 is 19.2 Å². The first-order valence-electron chi connectivity index (χ1n) is 9.75. The molecule has 0 bridgehead atoms. The van der Waals surface area contributed by atoms with Crippen LogP contribution in [0.2, 0.25) is 0 Å². The summed E-state index contributed by atoms with van der Waals surface area (Å²) in [5, 5.41) is 6.67. The monoisotopic (exact) mass is 423 g/mol. The molecule has 2 rings (SSSR count). The fourth-order valence-electron chi connectivity index (χ4n) is 2.68. The highest BCUT2D eigenvalue weighted by Gasteiger charge is 2.15. The number of carbonyl (C=O) groups is 4. The zero-order valence-corrected chi connectivity index (χ0v) is 17.0. The van der Waals surface area contributed by atoms with Crippen LogP contribution in [0.5, 0.6) is 0 Å². The lowest BCUT2D eigenvalue weighted by Crippen LogP contribution is -2.41. The second-order valence-corrected chi connectivity index (χ2v) is 6.64. The van der Waals surface area contributed by atoms with E-state index in [9.17, 15) is 19.2 Å². The Labute approximate surface area is 180 Å². The van der Waals surface area contributed by atoms with Gasteiger partial charge in [0.05, 0.1) is 6.42 Å². The Hall–Kier alpha value is -3.85. The predicted octanol–water partition coefficient (Wildman–Crippen LogP) is 0.861. The summed E-state index contributed by atoms with van der Waals surface area (Å²) in [6, 6.07) is 18.3. The van der Waals surface area contributed by atoms with Gasteiger partial charge >= 0.3 is 11.8 Å². The van der Waals surface area contributed by atoms with Gasteiger partial charge in [-0.3, -0.25) is 24.6 Å². The molecule has 0 aromatic heterocycles. The lowest BCUT2D eigenvalue weighted by atomic mass is 10.0. The normalized spacial score (nSPS) is 10.8. The summed E-state index contributed by atoms with van der Waals surface area (Å²) in [5.74, 6) is 2.34. The highest BCUT2D eigenvalue weighted by atomic mass is 16.2. The lowest BCUT2D eigenvalue weighted by molar-refractivity contribution is -0.139. The van der Waals surface area contributed by atoms with Crippen molar-refractivity contribution in [3.63, 3.8) is 0 Å². The van der Waals surface area contributed by atoms with Gasteiger partial charge in [0.2, 0.25) is 5.91 Å². The molecule has 0 atom stereocenters. The lowest BCUT2D eigenvalue weighted by Gasteiger charge is -2.08. The molecule has 0 unspecified atom stereocenters. The number of nitrogens with two attached hydrogens (primary N) is 1. The zero-order chi connectivity index (χ0) is 22.5. The smallest absolute Gasteiger partial charge is 0.330 e. The summed E-state index contributed by atoms with van der Waals surface area (Å²) in [5.41, 5.74) is 5.60. The molecule has 5 N–H and O–H groups in total. The van der Waals surface area contributed by atoms with Crippen molar-refractivity contribution in [2.45, 2.75) is 25.7 Å². The van der Waals surface area contributed by atoms with Crippen molar-refractivity contribution in [3.8, 4) is 0 Å². The number of carbonyl (C=O) groups excluding carboxylic acids is 4. The number of hydrogen-bond acceptors (Lipinski definition) is 6. The minimum absolute atomic E-state index is 0.0780. The molecule has 9 heteroatoms. The minimum atomic E-state index is -1.07. The molecular weight excluding hydrogens is 398 g/mol. The van der Waals surface area contributed by atoms with Gasteiger partial charge in [0.15, 0.2) is 5.78 Å². The van der Waals surface area contributed by atoms with Crippen LogP contribution in [-0.4, -0.2) is 35.8 Å². The average Bonchev–Trinajstić information content (AvgIpc) is 2.81. The minimum Gasteiger partial charge on any atom is -0.356 e. The van der Waals surface area contributed by atoms with Crippen molar-refractivity contribution in [1.82, 2.24) is 16.2 Å². The number of Topliss-reactive ketones (excluding diaryl/α,β-unsaturated/α-hetero) is 1. The molecule has 0 fully saturated rings. The summed E-state index contributed by atoms with van der Waals surface area (Å²) in [4.78, 5) is 47.4. The van der Waals surface area contributed by atoms with E-state index < -0.39 is 11.8 Å². The summed E-state index contributed by atoms with van der Waals surface area (Å²) in [6.45, 7) is 0.478. The predicted molar refractivity (Wildman–Crippen MR) is 116 cm³/mol. The molecule has 2 aromatic carbocycles. The van der Waals surface area contributed by atoms with Gasteiger partial charge in [0.1, 0.15) is 0 Å². The maximum atomic E-state index is 12.5. The Morgan fingerprint density at radius 2 is 1.48 bits per heavy atom. The second kappa shape index (κ2) is 12.7. The standard InChI is InChI=1S/C22H25N5O4/c23-25-21(30)22(31)27-26-18(15-19(28)17-9-5-2-6-10-17)11-12-20(29)24-14-13-16-7-3-1-4-8-16/h1-10H,11-15,23H2,(H,24,29)(H,25,30)(H,27,31)/b26-18-. The Morgan fingerprint density at radius 3 is 2.13 bits per heavy atom. The molecule has 0 heterocycles.